The molecule has 0 aliphatic carbocycles. The summed E-state index contributed by atoms with van der Waals surface area (Å²) in [5.41, 5.74) is 1.04. The third-order valence-electron chi connectivity index (χ3n) is 3.55. The fraction of sp³-hybridized carbons (Fsp3) is 0. The Morgan fingerprint density at radius 1 is 0.962 bits per heavy atom. The molecule has 9 nitrogen and oxygen atoms in total. The summed E-state index contributed by atoms with van der Waals surface area (Å²) in [7, 11) is 0. The fourth-order valence-electron chi connectivity index (χ4n) is 2.45. The van der Waals surface area contributed by atoms with E-state index in [-0.39, 0.29) is 17.3 Å². The molecule has 0 aliphatic rings. The van der Waals surface area contributed by atoms with Gasteiger partial charge in [0.1, 0.15) is 6.33 Å². The van der Waals surface area contributed by atoms with E-state index in [2.05, 4.69) is 30.6 Å². The zero-order valence-corrected chi connectivity index (χ0v) is 14.0. The molecular formula is C16H11N7O2S. The fourth-order valence-corrected chi connectivity index (χ4v) is 2.98. The van der Waals surface area contributed by atoms with E-state index in [1.165, 1.54) is 17.7 Å². The van der Waals surface area contributed by atoms with Crippen molar-refractivity contribution < 1.29 is 4.92 Å². The van der Waals surface area contributed by atoms with Crippen LogP contribution in [0.25, 0.3) is 10.9 Å². The van der Waals surface area contributed by atoms with Crippen LogP contribution in [0.3, 0.4) is 0 Å². The van der Waals surface area contributed by atoms with Crippen molar-refractivity contribution in [3.63, 3.8) is 0 Å². The van der Waals surface area contributed by atoms with Gasteiger partial charge < -0.3 is 10.6 Å². The number of aromatic nitrogens is 4. The molecule has 4 rings (SSSR count). The average molecular weight is 365 g/mol. The summed E-state index contributed by atoms with van der Waals surface area (Å²) in [6.45, 7) is 0. The Kier molecular flexibility index (Phi) is 4.07. The van der Waals surface area contributed by atoms with Crippen molar-refractivity contribution in [2.24, 2.45) is 0 Å². The number of anilines is 4. The Morgan fingerprint density at radius 2 is 1.77 bits per heavy atom. The van der Waals surface area contributed by atoms with Gasteiger partial charge in [0, 0.05) is 23.2 Å². The van der Waals surface area contributed by atoms with Crippen molar-refractivity contribution in [2.75, 3.05) is 10.6 Å². The molecule has 10 heteroatoms. The summed E-state index contributed by atoms with van der Waals surface area (Å²) < 4.78 is 0. The third kappa shape index (κ3) is 3.00. The first-order valence-corrected chi connectivity index (χ1v) is 8.37. The molecule has 0 bridgehead atoms. The zero-order valence-electron chi connectivity index (χ0n) is 13.2. The first-order valence-electron chi connectivity index (χ1n) is 7.49. The molecule has 0 saturated heterocycles. The predicted octanol–water partition coefficient (Wildman–Crippen LogP) is 3.88. The average Bonchev–Trinajstić information content (AvgIpc) is 3.15. The number of rotatable bonds is 5. The number of hydrogen-bond donors (Lipinski definition) is 2. The molecule has 4 aromatic rings. The van der Waals surface area contributed by atoms with Crippen LogP contribution in [-0.2, 0) is 0 Å². The number of nitrogens with one attached hydrogen (secondary N) is 2. The van der Waals surface area contributed by atoms with E-state index in [1.807, 2.05) is 24.3 Å². The highest BCUT2D eigenvalue weighted by Crippen LogP contribution is 2.34. The Hall–Kier alpha value is -3.66. The molecule has 3 heterocycles. The summed E-state index contributed by atoms with van der Waals surface area (Å²) in [5, 5.41) is 20.7. The van der Waals surface area contributed by atoms with Gasteiger partial charge in [-0.05, 0) is 12.1 Å². The molecule has 2 N–H and O–H groups in total. The minimum Gasteiger partial charge on any atom is -0.332 e. The van der Waals surface area contributed by atoms with Crippen molar-refractivity contribution >= 4 is 50.4 Å². The van der Waals surface area contributed by atoms with Gasteiger partial charge in [0.15, 0.2) is 5.13 Å². The number of hydrogen-bond acceptors (Lipinski definition) is 9. The molecule has 128 valence electrons. The van der Waals surface area contributed by atoms with E-state index >= 15 is 0 Å². The van der Waals surface area contributed by atoms with Crippen molar-refractivity contribution in [2.45, 2.75) is 0 Å². The predicted molar refractivity (Wildman–Crippen MR) is 99.1 cm³/mol. The molecular weight excluding hydrogens is 354 g/mol. The second kappa shape index (κ2) is 6.69. The van der Waals surface area contributed by atoms with Gasteiger partial charge >= 0.3 is 5.69 Å². The molecule has 26 heavy (non-hydrogen) atoms. The molecule has 0 fully saturated rings. The van der Waals surface area contributed by atoms with Crippen LogP contribution in [0.5, 0.6) is 0 Å². The third-order valence-corrected chi connectivity index (χ3v) is 4.24. The molecule has 0 atom stereocenters. The monoisotopic (exact) mass is 365 g/mol. The number of nitrogens with zero attached hydrogens (tertiary/aromatic N) is 5. The second-order valence-corrected chi connectivity index (χ2v) is 6.04. The Labute approximate surface area is 150 Å². The minimum atomic E-state index is -0.531. The van der Waals surface area contributed by atoms with Crippen LogP contribution in [0.2, 0.25) is 0 Å². The summed E-state index contributed by atoms with van der Waals surface area (Å²) in [6, 6.07) is 9.28. The molecule has 0 spiro atoms. The first-order chi connectivity index (χ1) is 12.7. The molecule has 1 aromatic carbocycles. The van der Waals surface area contributed by atoms with Crippen LogP contribution in [0.4, 0.5) is 28.1 Å². The number of pyridine rings is 1. The molecule has 0 amide bonds. The van der Waals surface area contributed by atoms with Crippen LogP contribution < -0.4 is 10.6 Å². The van der Waals surface area contributed by atoms with Gasteiger partial charge in [0.05, 0.1) is 16.1 Å². The van der Waals surface area contributed by atoms with Gasteiger partial charge in [-0.2, -0.15) is 0 Å². The van der Waals surface area contributed by atoms with Crippen LogP contribution in [0.1, 0.15) is 0 Å². The second-order valence-electron chi connectivity index (χ2n) is 5.14. The molecule has 0 radical (unpaired) electrons. The lowest BCUT2D eigenvalue weighted by atomic mass is 10.2. The van der Waals surface area contributed by atoms with Crippen LogP contribution in [-0.4, -0.2) is 24.9 Å². The summed E-state index contributed by atoms with van der Waals surface area (Å²) >= 11 is 1.31. The lowest BCUT2D eigenvalue weighted by molar-refractivity contribution is -0.383. The van der Waals surface area contributed by atoms with Gasteiger partial charge in [0.2, 0.25) is 11.6 Å². The summed E-state index contributed by atoms with van der Waals surface area (Å²) in [6.07, 6.45) is 4.52. The van der Waals surface area contributed by atoms with Crippen molar-refractivity contribution in [1.82, 2.24) is 19.9 Å². The van der Waals surface area contributed by atoms with Gasteiger partial charge in [-0.1, -0.05) is 18.2 Å². The van der Waals surface area contributed by atoms with E-state index < -0.39 is 4.92 Å². The number of para-hydroxylation sites is 1. The number of thiazole rings is 1. The molecule has 3 aromatic heterocycles. The smallest absolute Gasteiger partial charge is 0.332 e. The van der Waals surface area contributed by atoms with Gasteiger partial charge in [-0.25, -0.2) is 15.0 Å². The molecule has 0 saturated carbocycles. The number of fused-ring (bicyclic) bond motifs is 1. The Bertz CT molecular complexity index is 1080. The van der Waals surface area contributed by atoms with Gasteiger partial charge in [-0.3, -0.25) is 15.1 Å². The normalized spacial score (nSPS) is 10.6. The standard InChI is InChI=1S/C16H11N7O2S/c24-23(25)13-14(19-9-20-15(13)22-16-18-7-8-26-16)21-11-5-1-3-10-4-2-6-17-12(10)11/h1-9H,(H2,18,19,20,21,22). The number of benzene rings is 1. The van der Waals surface area contributed by atoms with Crippen molar-refractivity contribution in [3.05, 3.63) is 64.5 Å². The van der Waals surface area contributed by atoms with E-state index in [1.54, 1.807) is 23.8 Å². The van der Waals surface area contributed by atoms with E-state index in [9.17, 15) is 10.1 Å². The maximum atomic E-state index is 11.6. The van der Waals surface area contributed by atoms with E-state index in [0.717, 1.165) is 5.39 Å². The van der Waals surface area contributed by atoms with E-state index in [0.29, 0.717) is 16.3 Å². The minimum absolute atomic E-state index is 0.0654. The lowest BCUT2D eigenvalue weighted by Gasteiger charge is -2.10. The SMILES string of the molecule is O=[N+]([O-])c1c(Nc2nccs2)ncnc1Nc1cccc2cccnc12. The largest absolute Gasteiger partial charge is 0.353 e. The van der Waals surface area contributed by atoms with Crippen molar-refractivity contribution in [3.8, 4) is 0 Å². The maximum absolute atomic E-state index is 11.6. The highest BCUT2D eigenvalue weighted by Gasteiger charge is 2.24. The summed E-state index contributed by atoms with van der Waals surface area (Å²) in [4.78, 5) is 27.5. The topological polar surface area (TPSA) is 119 Å². The first kappa shape index (κ1) is 15.8. The van der Waals surface area contributed by atoms with Crippen LogP contribution in [0, 0.1) is 10.1 Å². The van der Waals surface area contributed by atoms with Crippen molar-refractivity contribution in [1.29, 1.82) is 0 Å². The lowest BCUT2D eigenvalue weighted by Crippen LogP contribution is -2.05. The molecule has 0 unspecified atom stereocenters. The maximum Gasteiger partial charge on any atom is 0.353 e. The van der Waals surface area contributed by atoms with Crippen LogP contribution in [0.15, 0.2) is 54.4 Å². The quantitative estimate of drug-likeness (QED) is 0.404. The zero-order chi connectivity index (χ0) is 17.9. The highest BCUT2D eigenvalue weighted by molar-refractivity contribution is 7.13. The molecule has 0 aliphatic heterocycles. The number of nitro groups is 1. The van der Waals surface area contributed by atoms with Crippen LogP contribution >= 0.6 is 11.3 Å². The summed E-state index contributed by atoms with van der Waals surface area (Å²) in [5.74, 6) is 0.137. The Balaban J connectivity index is 1.77. The Morgan fingerprint density at radius 3 is 2.54 bits per heavy atom. The van der Waals surface area contributed by atoms with Gasteiger partial charge in [0.25, 0.3) is 0 Å². The van der Waals surface area contributed by atoms with Gasteiger partial charge in [-0.15, -0.1) is 11.3 Å². The highest BCUT2D eigenvalue weighted by atomic mass is 32.1. The van der Waals surface area contributed by atoms with E-state index in [4.69, 9.17) is 0 Å².